The van der Waals surface area contributed by atoms with E-state index in [9.17, 15) is 13.2 Å². The Kier molecular flexibility index (Phi) is 7.55. The molecule has 178 valence electrons. The summed E-state index contributed by atoms with van der Waals surface area (Å²) in [7, 11) is -3.73. The van der Waals surface area contributed by atoms with Crippen LogP contribution in [0.2, 0.25) is 0 Å². The molecule has 0 atom stereocenters. The number of anilines is 1. The molecule has 0 aliphatic carbocycles. The maximum absolute atomic E-state index is 13.4. The Morgan fingerprint density at radius 1 is 0.943 bits per heavy atom. The summed E-state index contributed by atoms with van der Waals surface area (Å²) < 4.78 is 28.1. The third-order valence-electron chi connectivity index (χ3n) is 5.42. The van der Waals surface area contributed by atoms with Gasteiger partial charge < -0.3 is 5.32 Å². The summed E-state index contributed by atoms with van der Waals surface area (Å²) in [5.74, 6) is -0.718. The summed E-state index contributed by atoms with van der Waals surface area (Å²) in [6, 6.07) is 23.9. The van der Waals surface area contributed by atoms with Gasteiger partial charge in [-0.15, -0.1) is 13.2 Å². The lowest BCUT2D eigenvalue weighted by molar-refractivity contribution is -0.116. The van der Waals surface area contributed by atoms with Crippen molar-refractivity contribution in [2.75, 3.05) is 18.4 Å². The van der Waals surface area contributed by atoms with Crippen LogP contribution in [0.25, 0.3) is 10.2 Å². The maximum Gasteiger partial charge on any atom is 0.243 e. The third-order valence-corrected chi connectivity index (χ3v) is 8.18. The van der Waals surface area contributed by atoms with Gasteiger partial charge in [0, 0.05) is 13.1 Å². The predicted octanol–water partition coefficient (Wildman–Crippen LogP) is 5.43. The van der Waals surface area contributed by atoms with Gasteiger partial charge in [-0.2, -0.15) is 4.31 Å². The second-order valence-electron chi connectivity index (χ2n) is 7.79. The summed E-state index contributed by atoms with van der Waals surface area (Å²) in [6.45, 7) is 7.63. The fourth-order valence-corrected chi connectivity index (χ4v) is 6.18. The van der Waals surface area contributed by atoms with Gasteiger partial charge in [-0.1, -0.05) is 84.2 Å². The van der Waals surface area contributed by atoms with E-state index in [1.165, 1.54) is 33.9 Å². The first kappa shape index (κ1) is 24.5. The van der Waals surface area contributed by atoms with Crippen molar-refractivity contribution in [1.82, 2.24) is 9.29 Å². The molecule has 8 heteroatoms. The minimum atomic E-state index is -3.73. The average Bonchev–Trinajstić information content (AvgIpc) is 3.27. The van der Waals surface area contributed by atoms with Crippen molar-refractivity contribution in [3.05, 3.63) is 115 Å². The highest BCUT2D eigenvalue weighted by Crippen LogP contribution is 2.31. The second kappa shape index (κ2) is 10.8. The number of fused-ring (bicyclic) bond motifs is 1. The lowest BCUT2D eigenvalue weighted by atomic mass is 9.90. The molecule has 4 aromatic rings. The summed E-state index contributed by atoms with van der Waals surface area (Å²) in [6.07, 6.45) is 3.08. The summed E-state index contributed by atoms with van der Waals surface area (Å²) in [5, 5.41) is 3.34. The SMILES string of the molecule is C=CCN(CC=C)S(=O)(=O)c1ccc2nc(NC(=O)C(c3ccccc3)c3ccccc3)sc2c1. The zero-order valence-electron chi connectivity index (χ0n) is 19.0. The van der Waals surface area contributed by atoms with Gasteiger partial charge in [-0.3, -0.25) is 4.79 Å². The molecule has 0 saturated carbocycles. The number of thiazole rings is 1. The largest absolute Gasteiger partial charge is 0.301 e. The first-order chi connectivity index (χ1) is 16.9. The number of nitrogens with zero attached hydrogens (tertiary/aromatic N) is 2. The fourth-order valence-electron chi connectivity index (χ4n) is 3.79. The highest BCUT2D eigenvalue weighted by Gasteiger charge is 2.25. The van der Waals surface area contributed by atoms with Crippen molar-refractivity contribution in [3.8, 4) is 0 Å². The van der Waals surface area contributed by atoms with Crippen molar-refractivity contribution in [2.45, 2.75) is 10.8 Å². The van der Waals surface area contributed by atoms with Gasteiger partial charge in [0.1, 0.15) is 0 Å². The minimum Gasteiger partial charge on any atom is -0.301 e. The third kappa shape index (κ3) is 5.40. The number of hydrogen-bond donors (Lipinski definition) is 1. The van der Waals surface area contributed by atoms with Gasteiger partial charge in [-0.05, 0) is 29.3 Å². The smallest absolute Gasteiger partial charge is 0.243 e. The quantitative estimate of drug-likeness (QED) is 0.293. The van der Waals surface area contributed by atoms with Crippen LogP contribution in [0.1, 0.15) is 17.0 Å². The van der Waals surface area contributed by atoms with Crippen LogP contribution < -0.4 is 5.32 Å². The number of nitrogens with one attached hydrogen (secondary N) is 1. The summed E-state index contributed by atoms with van der Waals surface area (Å²) >= 11 is 1.24. The Morgan fingerprint density at radius 2 is 1.51 bits per heavy atom. The summed E-state index contributed by atoms with van der Waals surface area (Å²) in [4.78, 5) is 18.0. The molecule has 3 aromatic carbocycles. The van der Waals surface area contributed by atoms with E-state index in [4.69, 9.17) is 0 Å². The Labute approximate surface area is 209 Å². The molecule has 0 spiro atoms. The van der Waals surface area contributed by atoms with Crippen molar-refractivity contribution in [2.24, 2.45) is 0 Å². The highest BCUT2D eigenvalue weighted by molar-refractivity contribution is 7.89. The molecule has 4 rings (SSSR count). The molecule has 0 aliphatic heterocycles. The lowest BCUT2D eigenvalue weighted by Crippen LogP contribution is -2.31. The van der Waals surface area contributed by atoms with Crippen LogP contribution in [0.4, 0.5) is 5.13 Å². The molecule has 35 heavy (non-hydrogen) atoms. The summed E-state index contributed by atoms with van der Waals surface area (Å²) in [5.41, 5.74) is 2.35. The number of amides is 1. The molecule has 1 amide bonds. The van der Waals surface area contributed by atoms with Crippen molar-refractivity contribution in [3.63, 3.8) is 0 Å². The van der Waals surface area contributed by atoms with E-state index in [2.05, 4.69) is 23.5 Å². The Bertz CT molecular complexity index is 1400. The molecule has 0 unspecified atom stereocenters. The molecule has 0 radical (unpaired) electrons. The standard InChI is InChI=1S/C27H25N3O3S2/c1-3-17-30(18-4-2)35(32,33)22-15-16-23-24(19-22)34-27(28-23)29-26(31)25(20-11-7-5-8-12-20)21-13-9-6-10-14-21/h3-16,19,25H,1-2,17-18H2,(H,28,29,31). The number of carbonyl (C=O) groups is 1. The number of carbonyl (C=O) groups excluding carboxylic acids is 1. The molecule has 0 fully saturated rings. The van der Waals surface area contributed by atoms with Crippen LogP contribution in [0.3, 0.4) is 0 Å². The number of rotatable bonds is 10. The monoisotopic (exact) mass is 503 g/mol. The van der Waals surface area contributed by atoms with Crippen LogP contribution in [0.5, 0.6) is 0 Å². The van der Waals surface area contributed by atoms with Gasteiger partial charge in [-0.25, -0.2) is 13.4 Å². The molecule has 1 heterocycles. The molecular formula is C27H25N3O3S2. The van der Waals surface area contributed by atoms with Gasteiger partial charge in [0.25, 0.3) is 0 Å². The molecule has 0 saturated heterocycles. The molecule has 1 N–H and O–H groups in total. The fraction of sp³-hybridized carbons (Fsp3) is 0.111. The van der Waals surface area contributed by atoms with E-state index in [1.54, 1.807) is 12.1 Å². The van der Waals surface area contributed by atoms with E-state index in [-0.39, 0.29) is 23.9 Å². The first-order valence-electron chi connectivity index (χ1n) is 11.0. The van der Waals surface area contributed by atoms with Gasteiger partial charge in [0.15, 0.2) is 5.13 Å². The van der Waals surface area contributed by atoms with Gasteiger partial charge in [0.05, 0.1) is 21.0 Å². The number of hydrogen-bond acceptors (Lipinski definition) is 5. The van der Waals surface area contributed by atoms with E-state index < -0.39 is 15.9 Å². The second-order valence-corrected chi connectivity index (χ2v) is 10.8. The van der Waals surface area contributed by atoms with Crippen molar-refractivity contribution in [1.29, 1.82) is 0 Å². The number of sulfonamides is 1. The minimum absolute atomic E-state index is 0.154. The zero-order valence-corrected chi connectivity index (χ0v) is 20.6. The van der Waals surface area contributed by atoms with Crippen molar-refractivity contribution >= 4 is 42.6 Å². The Morgan fingerprint density at radius 3 is 2.06 bits per heavy atom. The maximum atomic E-state index is 13.4. The predicted molar refractivity (Wildman–Crippen MR) is 142 cm³/mol. The van der Waals surface area contributed by atoms with E-state index in [1.807, 2.05) is 60.7 Å². The molecule has 1 aromatic heterocycles. The normalized spacial score (nSPS) is 11.6. The number of benzene rings is 3. The molecule has 6 nitrogen and oxygen atoms in total. The first-order valence-corrected chi connectivity index (χ1v) is 13.2. The van der Waals surface area contributed by atoms with Crippen LogP contribution in [0, 0.1) is 0 Å². The molecular weight excluding hydrogens is 478 g/mol. The molecule has 0 bridgehead atoms. The van der Waals surface area contributed by atoms with E-state index >= 15 is 0 Å². The number of aromatic nitrogens is 1. The average molecular weight is 504 g/mol. The van der Waals surface area contributed by atoms with Crippen LogP contribution in [0.15, 0.2) is 109 Å². The van der Waals surface area contributed by atoms with E-state index in [0.717, 1.165) is 11.1 Å². The van der Waals surface area contributed by atoms with E-state index in [0.29, 0.717) is 15.3 Å². The topological polar surface area (TPSA) is 79.4 Å². The Hall–Kier alpha value is -3.59. The molecule has 0 aliphatic rings. The van der Waals surface area contributed by atoms with Crippen LogP contribution in [-0.2, 0) is 14.8 Å². The van der Waals surface area contributed by atoms with Gasteiger partial charge in [0.2, 0.25) is 15.9 Å². The lowest BCUT2D eigenvalue weighted by Gasteiger charge is -2.18. The van der Waals surface area contributed by atoms with Crippen LogP contribution in [-0.4, -0.2) is 36.7 Å². The zero-order chi connectivity index (χ0) is 24.8. The Balaban J connectivity index is 1.64. The highest BCUT2D eigenvalue weighted by atomic mass is 32.2. The van der Waals surface area contributed by atoms with Crippen molar-refractivity contribution < 1.29 is 13.2 Å². The van der Waals surface area contributed by atoms with Gasteiger partial charge >= 0.3 is 0 Å². The van der Waals surface area contributed by atoms with Crippen LogP contribution >= 0.6 is 11.3 Å².